The first-order valence-electron chi connectivity index (χ1n) is 5.30. The van der Waals surface area contributed by atoms with Gasteiger partial charge < -0.3 is 35.5 Å². The maximum Gasteiger partial charge on any atom is 0.164 e. The Kier molecular flexibility index (Phi) is 8.56. The molecule has 0 heterocycles. The Bertz CT molecular complexity index is 180. The summed E-state index contributed by atoms with van der Waals surface area (Å²) < 4.78 is 0. The molecule has 0 spiro atoms. The summed E-state index contributed by atoms with van der Waals surface area (Å²) in [5, 5.41) is 52.7. The third-order valence-electron chi connectivity index (χ3n) is 2.12. The van der Waals surface area contributed by atoms with Gasteiger partial charge in [0.1, 0.15) is 0 Å². The highest BCUT2D eigenvalue weighted by molar-refractivity contribution is 4.63. The van der Waals surface area contributed by atoms with E-state index < -0.39 is 18.9 Å². The summed E-state index contributed by atoms with van der Waals surface area (Å²) in [5.41, 5.74) is 0. The minimum absolute atomic E-state index is 0.0667. The molecular weight excluding hydrogens is 232 g/mol. The predicted molar refractivity (Wildman–Crippen MR) is 58.6 cm³/mol. The van der Waals surface area contributed by atoms with E-state index >= 15 is 0 Å². The Morgan fingerprint density at radius 3 is 1.47 bits per heavy atom. The number of aliphatic hydroxyl groups excluding tert-OH is 3. The molecule has 6 N–H and O–H groups in total. The van der Waals surface area contributed by atoms with E-state index in [-0.39, 0.29) is 19.6 Å². The number of rotatable bonds is 9. The van der Waals surface area contributed by atoms with E-state index in [4.69, 9.17) is 30.6 Å². The van der Waals surface area contributed by atoms with Gasteiger partial charge >= 0.3 is 0 Å². The molecule has 0 aromatic rings. The van der Waals surface area contributed by atoms with Crippen LogP contribution in [0.5, 0.6) is 0 Å². The average molecular weight is 254 g/mol. The summed E-state index contributed by atoms with van der Waals surface area (Å²) in [6.07, 6.45) is -4.54. The molecule has 0 aromatic carbocycles. The zero-order valence-corrected chi connectivity index (χ0v) is 9.85. The van der Waals surface area contributed by atoms with Crippen LogP contribution in [-0.2, 0) is 0 Å². The van der Waals surface area contributed by atoms with Crippen molar-refractivity contribution in [3.8, 4) is 0 Å². The number of hydrogen-bond donors (Lipinski definition) is 6. The molecule has 0 amide bonds. The summed E-state index contributed by atoms with van der Waals surface area (Å²) in [5.74, 6) is 0. The van der Waals surface area contributed by atoms with E-state index in [0.29, 0.717) is 13.1 Å². The van der Waals surface area contributed by atoms with Crippen LogP contribution in [0.1, 0.15) is 0 Å². The monoisotopic (exact) mass is 254 g/mol. The third kappa shape index (κ3) is 10.5. The second-order valence-corrected chi connectivity index (χ2v) is 3.96. The summed E-state index contributed by atoms with van der Waals surface area (Å²) in [6, 6.07) is 0. The number of nitrogens with zero attached hydrogens (tertiary/aromatic N) is 2. The van der Waals surface area contributed by atoms with E-state index in [2.05, 4.69) is 0 Å². The standard InChI is InChI=1S/C9H22N2O6/c1-10(4-7(12)13)2-3-11(5-8(14)15)6-9(16)17/h7-9,12-17H,2-6H2,1H3. The lowest BCUT2D eigenvalue weighted by molar-refractivity contribution is -0.0972. The van der Waals surface area contributed by atoms with E-state index in [1.54, 1.807) is 11.9 Å². The topological polar surface area (TPSA) is 128 Å². The molecule has 0 bridgehead atoms. The normalized spacial score (nSPS) is 12.7. The van der Waals surface area contributed by atoms with Crippen molar-refractivity contribution in [3.63, 3.8) is 0 Å². The van der Waals surface area contributed by atoms with E-state index in [0.717, 1.165) is 0 Å². The molecule has 8 nitrogen and oxygen atoms in total. The maximum absolute atomic E-state index is 8.80. The highest BCUT2D eigenvalue weighted by Crippen LogP contribution is 1.95. The molecule has 0 aliphatic rings. The van der Waals surface area contributed by atoms with Gasteiger partial charge in [-0.25, -0.2) is 0 Å². The summed E-state index contributed by atoms with van der Waals surface area (Å²) in [4.78, 5) is 3.08. The van der Waals surface area contributed by atoms with Gasteiger partial charge in [-0.3, -0.25) is 4.90 Å². The van der Waals surface area contributed by atoms with Gasteiger partial charge in [0.2, 0.25) is 0 Å². The van der Waals surface area contributed by atoms with Crippen molar-refractivity contribution in [2.24, 2.45) is 0 Å². The van der Waals surface area contributed by atoms with Crippen LogP contribution in [0.15, 0.2) is 0 Å². The Morgan fingerprint density at radius 1 is 0.706 bits per heavy atom. The minimum Gasteiger partial charge on any atom is -0.367 e. The fourth-order valence-electron chi connectivity index (χ4n) is 1.40. The summed E-state index contributed by atoms with van der Waals surface area (Å²) in [6.45, 7) is 0.632. The Hall–Kier alpha value is -0.320. The van der Waals surface area contributed by atoms with Crippen molar-refractivity contribution < 1.29 is 30.6 Å². The van der Waals surface area contributed by atoms with Gasteiger partial charge in [-0.05, 0) is 7.05 Å². The molecule has 0 unspecified atom stereocenters. The minimum atomic E-state index is -1.55. The fraction of sp³-hybridized carbons (Fsp3) is 1.00. The second kappa shape index (κ2) is 8.72. The fourth-order valence-corrected chi connectivity index (χ4v) is 1.40. The second-order valence-electron chi connectivity index (χ2n) is 3.96. The lowest BCUT2D eigenvalue weighted by atomic mass is 10.4. The van der Waals surface area contributed by atoms with Crippen LogP contribution in [0, 0.1) is 0 Å². The van der Waals surface area contributed by atoms with E-state index in [9.17, 15) is 0 Å². The molecule has 8 heteroatoms. The largest absolute Gasteiger partial charge is 0.367 e. The van der Waals surface area contributed by atoms with Crippen molar-refractivity contribution in [1.82, 2.24) is 9.80 Å². The first kappa shape index (κ1) is 16.7. The summed E-state index contributed by atoms with van der Waals surface area (Å²) in [7, 11) is 1.67. The van der Waals surface area contributed by atoms with Crippen molar-refractivity contribution >= 4 is 0 Å². The van der Waals surface area contributed by atoms with Crippen LogP contribution in [-0.4, -0.2) is 99.1 Å². The molecule has 0 aliphatic carbocycles. The molecule has 0 saturated heterocycles. The zero-order chi connectivity index (χ0) is 13.4. The summed E-state index contributed by atoms with van der Waals surface area (Å²) >= 11 is 0. The molecule has 0 aromatic heterocycles. The smallest absolute Gasteiger partial charge is 0.164 e. The van der Waals surface area contributed by atoms with Crippen LogP contribution in [0.3, 0.4) is 0 Å². The molecule has 0 atom stereocenters. The van der Waals surface area contributed by atoms with Gasteiger partial charge in [0.25, 0.3) is 0 Å². The average Bonchev–Trinajstić information content (AvgIpc) is 2.11. The van der Waals surface area contributed by atoms with E-state index in [1.165, 1.54) is 4.90 Å². The van der Waals surface area contributed by atoms with Crippen LogP contribution >= 0.6 is 0 Å². The zero-order valence-electron chi connectivity index (χ0n) is 9.85. The molecule has 0 saturated carbocycles. The van der Waals surface area contributed by atoms with Gasteiger partial charge in [-0.2, -0.15) is 0 Å². The van der Waals surface area contributed by atoms with Crippen molar-refractivity contribution in [1.29, 1.82) is 0 Å². The SMILES string of the molecule is CN(CCN(CC(O)O)CC(O)O)CC(O)O. The molecular formula is C9H22N2O6. The van der Waals surface area contributed by atoms with Crippen LogP contribution in [0.2, 0.25) is 0 Å². The van der Waals surface area contributed by atoms with Crippen molar-refractivity contribution in [2.45, 2.75) is 18.9 Å². The van der Waals surface area contributed by atoms with Crippen molar-refractivity contribution in [3.05, 3.63) is 0 Å². The molecule has 0 radical (unpaired) electrons. The van der Waals surface area contributed by atoms with Crippen LogP contribution < -0.4 is 0 Å². The van der Waals surface area contributed by atoms with Gasteiger partial charge in [0.05, 0.1) is 0 Å². The maximum atomic E-state index is 8.80. The lowest BCUT2D eigenvalue weighted by Gasteiger charge is -2.26. The first-order chi connectivity index (χ1) is 7.81. The predicted octanol–water partition coefficient (Wildman–Crippen LogP) is -3.85. The molecule has 104 valence electrons. The molecule has 17 heavy (non-hydrogen) atoms. The Morgan fingerprint density at radius 2 is 1.12 bits per heavy atom. The van der Waals surface area contributed by atoms with Gasteiger partial charge in [0.15, 0.2) is 18.9 Å². The molecule has 0 fully saturated rings. The highest BCUT2D eigenvalue weighted by atomic mass is 16.5. The quantitative estimate of drug-likeness (QED) is 0.231. The third-order valence-corrected chi connectivity index (χ3v) is 2.12. The van der Waals surface area contributed by atoms with Crippen molar-refractivity contribution in [2.75, 3.05) is 39.8 Å². The number of hydrogen-bond acceptors (Lipinski definition) is 8. The van der Waals surface area contributed by atoms with Gasteiger partial charge in [-0.15, -0.1) is 0 Å². The van der Waals surface area contributed by atoms with Gasteiger partial charge in [-0.1, -0.05) is 0 Å². The van der Waals surface area contributed by atoms with Crippen LogP contribution in [0.25, 0.3) is 0 Å². The lowest BCUT2D eigenvalue weighted by Crippen LogP contribution is -2.43. The number of likely N-dealkylation sites (N-methyl/N-ethyl adjacent to an activating group) is 1. The highest BCUT2D eigenvalue weighted by Gasteiger charge is 2.14. The molecule has 0 rings (SSSR count). The molecule has 0 aliphatic heterocycles. The Labute approximate surface area is 99.9 Å². The first-order valence-corrected chi connectivity index (χ1v) is 5.30. The van der Waals surface area contributed by atoms with E-state index in [1.807, 2.05) is 0 Å². The Balaban J connectivity index is 3.97. The van der Waals surface area contributed by atoms with Gasteiger partial charge in [0, 0.05) is 32.7 Å². The number of aliphatic hydroxyl groups is 6. The van der Waals surface area contributed by atoms with Crippen LogP contribution in [0.4, 0.5) is 0 Å².